The van der Waals surface area contributed by atoms with Crippen LogP contribution in [-0.2, 0) is 0 Å². The van der Waals surface area contributed by atoms with Crippen molar-refractivity contribution in [3.63, 3.8) is 0 Å². The summed E-state index contributed by atoms with van der Waals surface area (Å²) in [6.45, 7) is 0.421. The number of aliphatic imine (C=N–C) groups is 1. The largest absolute Gasteiger partial charge is 0.383 e. The Labute approximate surface area is 159 Å². The lowest BCUT2D eigenvalue weighted by Crippen LogP contribution is -2.28. The van der Waals surface area contributed by atoms with Crippen LogP contribution >= 0.6 is 11.3 Å². The molecule has 136 valence electrons. The number of carbonyl (C=O) groups is 1. The van der Waals surface area contributed by atoms with Gasteiger partial charge in [-0.25, -0.2) is 14.2 Å². The number of nitrogens with zero attached hydrogens (tertiary/aromatic N) is 2. The van der Waals surface area contributed by atoms with Gasteiger partial charge < -0.3 is 21.3 Å². The fourth-order valence-electron chi connectivity index (χ4n) is 2.78. The summed E-state index contributed by atoms with van der Waals surface area (Å²) in [5.74, 6) is 0.182. The Morgan fingerprint density at radius 2 is 1.89 bits per heavy atom. The van der Waals surface area contributed by atoms with Gasteiger partial charge in [0.1, 0.15) is 23.3 Å². The maximum Gasteiger partial charge on any atom is 0.323 e. The first-order chi connectivity index (χ1) is 13.1. The topological polar surface area (TPSA) is 82.8 Å². The quantitative estimate of drug-likeness (QED) is 0.631. The Balaban J connectivity index is 1.50. The molecule has 27 heavy (non-hydrogen) atoms. The first-order valence-electron chi connectivity index (χ1n) is 8.19. The van der Waals surface area contributed by atoms with E-state index >= 15 is 0 Å². The molecule has 2 amide bonds. The second kappa shape index (κ2) is 7.08. The molecule has 1 aliphatic rings. The van der Waals surface area contributed by atoms with Crippen molar-refractivity contribution in [2.45, 2.75) is 0 Å². The summed E-state index contributed by atoms with van der Waals surface area (Å²) in [6, 6.07) is 14.6. The lowest BCUT2D eigenvalue weighted by Gasteiger charge is -2.26. The average Bonchev–Trinajstić information content (AvgIpc) is 3.15. The molecule has 0 atom stereocenters. The molecule has 0 radical (unpaired) electrons. The monoisotopic (exact) mass is 381 g/mol. The van der Waals surface area contributed by atoms with E-state index in [-0.39, 0.29) is 5.82 Å². The normalized spacial score (nSPS) is 12.9. The number of amidine groups is 1. The van der Waals surface area contributed by atoms with E-state index in [2.05, 4.69) is 15.6 Å². The van der Waals surface area contributed by atoms with Crippen LogP contribution in [0.15, 0.2) is 65.0 Å². The molecule has 0 fully saturated rings. The molecule has 0 spiro atoms. The standard InChI is InChI=1S/C19H16FN5OS/c20-12-4-6-13(7-5-12)23-19(26)24-14-2-1-3-15(10-14)25-11-22-17(21)16-8-9-27-18(16)25/h1-10H,11H2,(H2,21,22)(H2,23,24,26). The molecular formula is C19H16FN5OS. The number of anilines is 4. The molecule has 8 heteroatoms. The van der Waals surface area contributed by atoms with E-state index in [9.17, 15) is 9.18 Å². The molecular weight excluding hydrogens is 365 g/mol. The number of urea groups is 1. The minimum Gasteiger partial charge on any atom is -0.383 e. The van der Waals surface area contributed by atoms with Gasteiger partial charge in [0.15, 0.2) is 0 Å². The molecule has 2 aromatic carbocycles. The van der Waals surface area contributed by atoms with Crippen molar-refractivity contribution >= 4 is 45.3 Å². The molecule has 6 nitrogen and oxygen atoms in total. The average molecular weight is 381 g/mol. The molecule has 1 aromatic heterocycles. The zero-order valence-corrected chi connectivity index (χ0v) is 15.0. The van der Waals surface area contributed by atoms with E-state index in [1.807, 2.05) is 34.5 Å². The second-order valence-corrected chi connectivity index (χ2v) is 6.78. The third-order valence-corrected chi connectivity index (χ3v) is 5.00. The second-order valence-electron chi connectivity index (χ2n) is 5.89. The number of halogens is 1. The van der Waals surface area contributed by atoms with Gasteiger partial charge in [-0.1, -0.05) is 6.07 Å². The van der Waals surface area contributed by atoms with E-state index in [4.69, 9.17) is 5.73 Å². The Morgan fingerprint density at radius 3 is 2.70 bits per heavy atom. The van der Waals surface area contributed by atoms with Crippen LogP contribution in [0.4, 0.5) is 31.2 Å². The molecule has 0 saturated carbocycles. The van der Waals surface area contributed by atoms with Crippen molar-refractivity contribution in [3.05, 3.63) is 71.4 Å². The number of hydrogen-bond donors (Lipinski definition) is 3. The maximum atomic E-state index is 12.9. The van der Waals surface area contributed by atoms with E-state index in [1.54, 1.807) is 17.4 Å². The van der Waals surface area contributed by atoms with Gasteiger partial charge in [-0.2, -0.15) is 0 Å². The van der Waals surface area contributed by atoms with Crippen molar-refractivity contribution in [2.24, 2.45) is 10.7 Å². The van der Waals surface area contributed by atoms with Crippen LogP contribution in [-0.4, -0.2) is 18.5 Å². The Bertz CT molecular complexity index is 1010. The van der Waals surface area contributed by atoms with Gasteiger partial charge in [-0.3, -0.25) is 0 Å². The Morgan fingerprint density at radius 1 is 1.11 bits per heavy atom. The first kappa shape index (κ1) is 17.0. The predicted molar refractivity (Wildman–Crippen MR) is 108 cm³/mol. The minimum absolute atomic E-state index is 0.355. The third-order valence-electron chi connectivity index (χ3n) is 4.07. The summed E-state index contributed by atoms with van der Waals surface area (Å²) in [7, 11) is 0. The lowest BCUT2D eigenvalue weighted by atomic mass is 10.2. The number of rotatable bonds is 3. The molecule has 0 aliphatic carbocycles. The summed E-state index contributed by atoms with van der Waals surface area (Å²) in [4.78, 5) is 18.6. The fourth-order valence-corrected chi connectivity index (χ4v) is 3.70. The third kappa shape index (κ3) is 3.61. The summed E-state index contributed by atoms with van der Waals surface area (Å²) in [5, 5.41) is 8.45. The lowest BCUT2D eigenvalue weighted by molar-refractivity contribution is 0.262. The van der Waals surface area contributed by atoms with Gasteiger partial charge in [-0.15, -0.1) is 11.3 Å². The van der Waals surface area contributed by atoms with E-state index < -0.39 is 6.03 Å². The van der Waals surface area contributed by atoms with E-state index in [1.165, 1.54) is 24.3 Å². The molecule has 4 rings (SSSR count). The van der Waals surface area contributed by atoms with Crippen molar-refractivity contribution < 1.29 is 9.18 Å². The van der Waals surface area contributed by atoms with Crippen LogP contribution in [0.2, 0.25) is 0 Å². The summed E-state index contributed by atoms with van der Waals surface area (Å²) < 4.78 is 12.9. The molecule has 3 aromatic rings. The zero-order chi connectivity index (χ0) is 18.8. The number of nitrogens with one attached hydrogen (secondary N) is 2. The van der Waals surface area contributed by atoms with Gasteiger partial charge in [0.05, 0.1) is 5.56 Å². The number of fused-ring (bicyclic) bond motifs is 1. The highest BCUT2D eigenvalue weighted by atomic mass is 32.1. The van der Waals surface area contributed by atoms with E-state index in [0.29, 0.717) is 23.9 Å². The molecule has 1 aliphatic heterocycles. The summed E-state index contributed by atoms with van der Waals surface area (Å²) in [6.07, 6.45) is 0. The van der Waals surface area contributed by atoms with Crippen LogP contribution in [0.1, 0.15) is 5.56 Å². The van der Waals surface area contributed by atoms with Gasteiger partial charge in [-0.05, 0) is 53.9 Å². The minimum atomic E-state index is -0.406. The first-order valence-corrected chi connectivity index (χ1v) is 9.07. The molecule has 0 unspecified atom stereocenters. The van der Waals surface area contributed by atoms with Gasteiger partial charge in [0, 0.05) is 17.1 Å². The number of hydrogen-bond acceptors (Lipinski definition) is 5. The number of amides is 2. The molecule has 4 N–H and O–H groups in total. The van der Waals surface area contributed by atoms with Crippen molar-refractivity contribution in [1.82, 2.24) is 0 Å². The van der Waals surface area contributed by atoms with Gasteiger partial charge in [0.25, 0.3) is 0 Å². The SMILES string of the molecule is NC1=NCN(c2cccc(NC(=O)Nc3ccc(F)cc3)c2)c2sccc21. The molecule has 0 saturated heterocycles. The Hall–Kier alpha value is -3.39. The van der Waals surface area contributed by atoms with Crippen molar-refractivity contribution in [3.8, 4) is 0 Å². The van der Waals surface area contributed by atoms with E-state index in [0.717, 1.165) is 16.3 Å². The van der Waals surface area contributed by atoms with Crippen LogP contribution in [0, 0.1) is 5.82 Å². The smallest absolute Gasteiger partial charge is 0.323 e. The number of benzene rings is 2. The maximum absolute atomic E-state index is 12.9. The zero-order valence-electron chi connectivity index (χ0n) is 14.1. The summed E-state index contributed by atoms with van der Waals surface area (Å²) >= 11 is 1.59. The fraction of sp³-hybridized carbons (Fsp3) is 0.0526. The number of carbonyl (C=O) groups excluding carboxylic acids is 1. The van der Waals surface area contributed by atoms with Crippen LogP contribution < -0.4 is 21.3 Å². The van der Waals surface area contributed by atoms with Crippen LogP contribution in [0.3, 0.4) is 0 Å². The predicted octanol–water partition coefficient (Wildman–Crippen LogP) is 4.35. The van der Waals surface area contributed by atoms with Crippen molar-refractivity contribution in [2.75, 3.05) is 22.2 Å². The van der Waals surface area contributed by atoms with Gasteiger partial charge >= 0.3 is 6.03 Å². The van der Waals surface area contributed by atoms with Gasteiger partial charge in [0.2, 0.25) is 0 Å². The number of nitrogens with two attached hydrogens (primary N) is 1. The highest BCUT2D eigenvalue weighted by Gasteiger charge is 2.21. The highest BCUT2D eigenvalue weighted by molar-refractivity contribution is 7.14. The van der Waals surface area contributed by atoms with Crippen LogP contribution in [0.5, 0.6) is 0 Å². The molecule has 0 bridgehead atoms. The Kier molecular flexibility index (Phi) is 4.47. The van der Waals surface area contributed by atoms with Crippen molar-refractivity contribution in [1.29, 1.82) is 0 Å². The van der Waals surface area contributed by atoms with Crippen LogP contribution in [0.25, 0.3) is 0 Å². The highest BCUT2D eigenvalue weighted by Crippen LogP contribution is 2.36. The summed E-state index contributed by atoms with van der Waals surface area (Å²) in [5.41, 5.74) is 8.90. The molecule has 2 heterocycles. The number of thiophene rings is 1.